The van der Waals surface area contributed by atoms with Gasteiger partial charge in [0.2, 0.25) is 0 Å². The summed E-state index contributed by atoms with van der Waals surface area (Å²) in [6.45, 7) is 8.72. The Morgan fingerprint density at radius 2 is 1.81 bits per heavy atom. The van der Waals surface area contributed by atoms with Crippen LogP contribution in [0.1, 0.15) is 40.5 Å². The standard InChI is InChI=1S/C21H27BrN2O2/c1-20(2)11-15(12-21(3,4)24-20)23-18(25)13-26-17-10-9-14-7-5-6-8-16(14)19(17)22/h5-10,15,24H,11-13H2,1-4H3,(H,23,25). The summed E-state index contributed by atoms with van der Waals surface area (Å²) >= 11 is 3.60. The van der Waals surface area contributed by atoms with Crippen molar-refractivity contribution >= 4 is 32.6 Å². The monoisotopic (exact) mass is 418 g/mol. The summed E-state index contributed by atoms with van der Waals surface area (Å²) in [5.74, 6) is 0.605. The molecule has 0 spiro atoms. The van der Waals surface area contributed by atoms with Crippen molar-refractivity contribution in [3.63, 3.8) is 0 Å². The van der Waals surface area contributed by atoms with E-state index >= 15 is 0 Å². The Morgan fingerprint density at radius 1 is 1.15 bits per heavy atom. The average molecular weight is 419 g/mol. The number of amides is 1. The summed E-state index contributed by atoms with van der Waals surface area (Å²) in [5, 5.41) is 8.98. The van der Waals surface area contributed by atoms with Gasteiger partial charge in [0, 0.05) is 17.1 Å². The molecule has 2 aromatic carbocycles. The van der Waals surface area contributed by atoms with Crippen LogP contribution in [0.15, 0.2) is 40.9 Å². The number of fused-ring (bicyclic) bond motifs is 1. The van der Waals surface area contributed by atoms with Crippen LogP contribution in [-0.4, -0.2) is 29.6 Å². The van der Waals surface area contributed by atoms with Crippen LogP contribution in [0.25, 0.3) is 10.8 Å². The minimum Gasteiger partial charge on any atom is -0.483 e. The summed E-state index contributed by atoms with van der Waals surface area (Å²) in [7, 11) is 0. The fourth-order valence-electron chi connectivity index (χ4n) is 4.16. The molecule has 1 heterocycles. The normalized spacial score (nSPS) is 19.3. The van der Waals surface area contributed by atoms with Crippen molar-refractivity contribution in [2.24, 2.45) is 0 Å². The van der Waals surface area contributed by atoms with Gasteiger partial charge in [0.1, 0.15) is 5.75 Å². The quantitative estimate of drug-likeness (QED) is 0.772. The highest BCUT2D eigenvalue weighted by Crippen LogP contribution is 2.33. The Balaban J connectivity index is 1.62. The molecular formula is C21H27BrN2O2. The first kappa shape index (κ1) is 19.2. The molecule has 0 bridgehead atoms. The number of carbonyl (C=O) groups excluding carboxylic acids is 1. The zero-order chi connectivity index (χ0) is 18.9. The molecule has 1 saturated heterocycles. The van der Waals surface area contributed by atoms with Gasteiger partial charge in [0.15, 0.2) is 6.61 Å². The minimum absolute atomic E-state index is 0.00191. The third-order valence-electron chi connectivity index (χ3n) is 4.74. The molecule has 4 nitrogen and oxygen atoms in total. The molecule has 2 N–H and O–H groups in total. The van der Waals surface area contributed by atoms with Crippen molar-refractivity contribution in [2.45, 2.75) is 57.7 Å². The number of ether oxygens (including phenoxy) is 1. The molecule has 0 aromatic heterocycles. The van der Waals surface area contributed by atoms with Gasteiger partial charge in [0.05, 0.1) is 4.47 Å². The van der Waals surface area contributed by atoms with Gasteiger partial charge in [-0.1, -0.05) is 30.3 Å². The zero-order valence-corrected chi connectivity index (χ0v) is 17.4. The van der Waals surface area contributed by atoms with Gasteiger partial charge >= 0.3 is 0 Å². The van der Waals surface area contributed by atoms with Crippen molar-refractivity contribution in [1.29, 1.82) is 0 Å². The number of hydrogen-bond donors (Lipinski definition) is 2. The second-order valence-corrected chi connectivity index (χ2v) is 9.25. The van der Waals surface area contributed by atoms with E-state index in [4.69, 9.17) is 4.74 Å². The first-order chi connectivity index (χ1) is 12.2. The first-order valence-corrected chi connectivity index (χ1v) is 9.83. The molecule has 5 heteroatoms. The predicted octanol–water partition coefficient (Wildman–Crippen LogP) is 4.41. The van der Waals surface area contributed by atoms with Crippen molar-refractivity contribution in [3.05, 3.63) is 40.9 Å². The molecule has 0 aliphatic carbocycles. The number of carbonyl (C=O) groups is 1. The van der Waals surface area contributed by atoms with E-state index < -0.39 is 0 Å². The maximum absolute atomic E-state index is 12.4. The number of halogens is 1. The number of hydrogen-bond acceptors (Lipinski definition) is 3. The van der Waals surface area contributed by atoms with Crippen LogP contribution in [0, 0.1) is 0 Å². The SMILES string of the molecule is CC1(C)CC(NC(=O)COc2ccc3ccccc3c2Br)CC(C)(C)N1. The molecular weight excluding hydrogens is 392 g/mol. The highest BCUT2D eigenvalue weighted by molar-refractivity contribution is 9.10. The maximum Gasteiger partial charge on any atom is 0.258 e. The molecule has 1 fully saturated rings. The lowest BCUT2D eigenvalue weighted by Gasteiger charge is -2.46. The van der Waals surface area contributed by atoms with Crippen molar-refractivity contribution in [2.75, 3.05) is 6.61 Å². The Morgan fingerprint density at radius 3 is 2.50 bits per heavy atom. The fraction of sp³-hybridized carbons (Fsp3) is 0.476. The maximum atomic E-state index is 12.4. The summed E-state index contributed by atoms with van der Waals surface area (Å²) in [5.41, 5.74) is 0.00382. The molecule has 0 radical (unpaired) electrons. The lowest BCUT2D eigenvalue weighted by atomic mass is 9.79. The van der Waals surface area contributed by atoms with Crippen LogP contribution in [0.4, 0.5) is 0 Å². The Hall–Kier alpha value is -1.59. The van der Waals surface area contributed by atoms with Gasteiger partial charge in [0.25, 0.3) is 5.91 Å². The molecule has 0 unspecified atom stereocenters. The van der Waals surface area contributed by atoms with Gasteiger partial charge in [-0.2, -0.15) is 0 Å². The highest BCUT2D eigenvalue weighted by Gasteiger charge is 2.38. The van der Waals surface area contributed by atoms with Gasteiger partial charge < -0.3 is 15.4 Å². The van der Waals surface area contributed by atoms with Crippen LogP contribution < -0.4 is 15.4 Å². The third kappa shape index (κ3) is 4.57. The lowest BCUT2D eigenvalue weighted by Crippen LogP contribution is -2.62. The van der Waals surface area contributed by atoms with E-state index in [1.165, 1.54) is 0 Å². The summed E-state index contributed by atoms with van der Waals surface area (Å²) in [4.78, 5) is 12.4. The van der Waals surface area contributed by atoms with Gasteiger partial charge in [-0.05, 0) is 73.3 Å². The van der Waals surface area contributed by atoms with E-state index in [1.54, 1.807) is 0 Å². The van der Waals surface area contributed by atoms with Crippen LogP contribution >= 0.6 is 15.9 Å². The molecule has 2 aromatic rings. The Labute approximate surface area is 163 Å². The van der Waals surface area contributed by atoms with Crippen LogP contribution in [0.2, 0.25) is 0 Å². The average Bonchev–Trinajstić information content (AvgIpc) is 2.51. The summed E-state index contributed by atoms with van der Waals surface area (Å²) < 4.78 is 6.66. The third-order valence-corrected chi connectivity index (χ3v) is 5.56. The van der Waals surface area contributed by atoms with E-state index in [0.29, 0.717) is 5.75 Å². The van der Waals surface area contributed by atoms with Crippen molar-refractivity contribution in [1.82, 2.24) is 10.6 Å². The van der Waals surface area contributed by atoms with Crippen LogP contribution in [0.5, 0.6) is 5.75 Å². The Bertz CT molecular complexity index is 801. The largest absolute Gasteiger partial charge is 0.483 e. The molecule has 1 aliphatic heterocycles. The van der Waals surface area contributed by atoms with Gasteiger partial charge in [-0.15, -0.1) is 0 Å². The number of piperidine rings is 1. The lowest BCUT2D eigenvalue weighted by molar-refractivity contribution is -0.124. The van der Waals surface area contributed by atoms with Crippen LogP contribution in [0.3, 0.4) is 0 Å². The second kappa shape index (κ2) is 7.20. The van der Waals surface area contributed by atoms with E-state index in [0.717, 1.165) is 28.1 Å². The molecule has 26 heavy (non-hydrogen) atoms. The fourth-order valence-corrected chi connectivity index (χ4v) is 4.77. The van der Waals surface area contributed by atoms with E-state index in [9.17, 15) is 4.79 Å². The van der Waals surface area contributed by atoms with Crippen molar-refractivity contribution < 1.29 is 9.53 Å². The topological polar surface area (TPSA) is 50.4 Å². The van der Waals surface area contributed by atoms with E-state index in [-0.39, 0.29) is 29.6 Å². The highest BCUT2D eigenvalue weighted by atomic mass is 79.9. The molecule has 3 rings (SSSR count). The predicted molar refractivity (Wildman–Crippen MR) is 110 cm³/mol. The molecule has 0 saturated carbocycles. The minimum atomic E-state index is -0.0800. The number of benzene rings is 2. The van der Waals surface area contributed by atoms with E-state index in [2.05, 4.69) is 60.3 Å². The van der Waals surface area contributed by atoms with E-state index in [1.807, 2.05) is 30.3 Å². The van der Waals surface area contributed by atoms with Crippen molar-refractivity contribution in [3.8, 4) is 5.75 Å². The molecule has 140 valence electrons. The smallest absolute Gasteiger partial charge is 0.258 e. The number of rotatable bonds is 4. The second-order valence-electron chi connectivity index (χ2n) is 8.45. The molecule has 1 aliphatic rings. The van der Waals surface area contributed by atoms with Gasteiger partial charge in [-0.25, -0.2) is 0 Å². The summed E-state index contributed by atoms with van der Waals surface area (Å²) in [6, 6.07) is 12.1. The molecule has 0 atom stereocenters. The number of nitrogens with one attached hydrogen (secondary N) is 2. The first-order valence-electron chi connectivity index (χ1n) is 9.04. The zero-order valence-electron chi connectivity index (χ0n) is 15.9. The summed E-state index contributed by atoms with van der Waals surface area (Å²) in [6.07, 6.45) is 1.81. The van der Waals surface area contributed by atoms with Gasteiger partial charge in [-0.3, -0.25) is 4.79 Å². The van der Waals surface area contributed by atoms with Crippen LogP contribution in [-0.2, 0) is 4.79 Å². The Kier molecular flexibility index (Phi) is 5.31. The molecule has 1 amide bonds.